The highest BCUT2D eigenvalue weighted by Crippen LogP contribution is 2.30. The lowest BCUT2D eigenvalue weighted by atomic mass is 10.0. The van der Waals surface area contributed by atoms with Crippen LogP contribution < -0.4 is 10.1 Å². The highest BCUT2D eigenvalue weighted by atomic mass is 127. The number of benzene rings is 3. The molecule has 3 nitrogen and oxygen atoms in total. The molecule has 0 unspecified atom stereocenters. The largest absolute Gasteiger partial charge is 0.496 e. The second kappa shape index (κ2) is 7.53. The van der Waals surface area contributed by atoms with E-state index in [2.05, 4.69) is 43.8 Å². The number of methoxy groups -OCH3 is 1. The zero-order valence-electron chi connectivity index (χ0n) is 13.0. The van der Waals surface area contributed by atoms with E-state index >= 15 is 0 Å². The van der Waals surface area contributed by atoms with Gasteiger partial charge in [-0.05, 0) is 75.8 Å². The van der Waals surface area contributed by atoms with Crippen LogP contribution in [0.1, 0.15) is 5.56 Å². The highest BCUT2D eigenvalue weighted by molar-refractivity contribution is 14.1. The predicted molar refractivity (Wildman–Crippen MR) is 110 cm³/mol. The maximum atomic E-state index is 12.5. The number of amides is 1. The van der Waals surface area contributed by atoms with E-state index in [0.717, 1.165) is 35.8 Å². The van der Waals surface area contributed by atoms with Gasteiger partial charge in [-0.25, -0.2) is 0 Å². The molecule has 0 fully saturated rings. The van der Waals surface area contributed by atoms with E-state index in [1.807, 2.05) is 54.6 Å². The van der Waals surface area contributed by atoms with Crippen LogP contribution >= 0.6 is 38.5 Å². The third-order valence-electron chi connectivity index (χ3n) is 3.74. The van der Waals surface area contributed by atoms with Crippen molar-refractivity contribution in [3.63, 3.8) is 0 Å². The number of carbonyl (C=O) groups is 1. The Bertz CT molecular complexity index is 894. The molecular weight excluding hydrogens is 481 g/mol. The molecule has 1 amide bonds. The average Bonchev–Trinajstić information content (AvgIpc) is 2.57. The van der Waals surface area contributed by atoms with Crippen molar-refractivity contribution >= 4 is 60.9 Å². The number of fused-ring (bicyclic) bond motifs is 1. The molecule has 0 aliphatic heterocycles. The monoisotopic (exact) mass is 495 g/mol. The molecule has 3 aromatic carbocycles. The summed E-state index contributed by atoms with van der Waals surface area (Å²) in [6.07, 6.45) is 0.258. The van der Waals surface area contributed by atoms with Gasteiger partial charge in [0.2, 0.25) is 5.91 Å². The fourth-order valence-electron chi connectivity index (χ4n) is 2.62. The lowest BCUT2D eigenvalue weighted by molar-refractivity contribution is -0.115. The Hall–Kier alpha value is -1.60. The number of ether oxygens (including phenoxy) is 1. The Morgan fingerprint density at radius 3 is 2.58 bits per heavy atom. The number of rotatable bonds is 4. The zero-order valence-corrected chi connectivity index (χ0v) is 16.7. The van der Waals surface area contributed by atoms with Gasteiger partial charge in [0.15, 0.2) is 0 Å². The van der Waals surface area contributed by atoms with Crippen LogP contribution in [-0.4, -0.2) is 13.0 Å². The van der Waals surface area contributed by atoms with Crippen LogP contribution in [0, 0.1) is 3.57 Å². The number of carbonyl (C=O) groups excluding carboxylic acids is 1. The van der Waals surface area contributed by atoms with Crippen LogP contribution in [0.4, 0.5) is 5.69 Å². The Balaban J connectivity index is 1.90. The van der Waals surface area contributed by atoms with Gasteiger partial charge in [0, 0.05) is 19.3 Å². The summed E-state index contributed by atoms with van der Waals surface area (Å²) in [7, 11) is 1.63. The van der Waals surface area contributed by atoms with Crippen molar-refractivity contribution in [3.05, 3.63) is 68.2 Å². The topological polar surface area (TPSA) is 38.3 Å². The van der Waals surface area contributed by atoms with Crippen molar-refractivity contribution in [1.82, 2.24) is 0 Å². The molecule has 0 radical (unpaired) electrons. The van der Waals surface area contributed by atoms with Crippen molar-refractivity contribution in [2.75, 3.05) is 12.4 Å². The Kier molecular flexibility index (Phi) is 5.40. The Morgan fingerprint density at radius 2 is 1.88 bits per heavy atom. The first-order chi connectivity index (χ1) is 11.6. The van der Waals surface area contributed by atoms with Crippen LogP contribution in [0.5, 0.6) is 5.75 Å². The van der Waals surface area contributed by atoms with Crippen LogP contribution in [0.15, 0.2) is 59.1 Å². The smallest absolute Gasteiger partial charge is 0.228 e. The summed E-state index contributed by atoms with van der Waals surface area (Å²) in [5.41, 5.74) is 1.69. The minimum absolute atomic E-state index is 0.0649. The SMILES string of the molecule is COc1ccc2cc(Br)ccc2c1CC(=O)Nc1ccc(I)cc1. The standard InChI is InChI=1S/C19H15BrINO2/c1-24-18-9-2-12-10-13(20)3-8-16(12)17(18)11-19(23)22-15-6-4-14(21)5-7-15/h2-10H,11H2,1H3,(H,22,23). The maximum Gasteiger partial charge on any atom is 0.228 e. The number of nitrogens with one attached hydrogen (secondary N) is 1. The van der Waals surface area contributed by atoms with Gasteiger partial charge in [-0.2, -0.15) is 0 Å². The average molecular weight is 496 g/mol. The fraction of sp³-hybridized carbons (Fsp3) is 0.105. The molecule has 0 saturated carbocycles. The number of hydrogen-bond donors (Lipinski definition) is 1. The fourth-order valence-corrected chi connectivity index (χ4v) is 3.36. The van der Waals surface area contributed by atoms with Gasteiger partial charge in [-0.3, -0.25) is 4.79 Å². The van der Waals surface area contributed by atoms with E-state index in [1.54, 1.807) is 7.11 Å². The molecule has 0 atom stereocenters. The molecule has 3 rings (SSSR count). The molecule has 122 valence electrons. The first-order valence-corrected chi connectivity index (χ1v) is 9.24. The molecule has 24 heavy (non-hydrogen) atoms. The lowest BCUT2D eigenvalue weighted by Gasteiger charge is -2.13. The Labute approximate surface area is 162 Å². The molecule has 5 heteroatoms. The van der Waals surface area contributed by atoms with Gasteiger partial charge in [0.25, 0.3) is 0 Å². The van der Waals surface area contributed by atoms with E-state index in [1.165, 1.54) is 0 Å². The molecule has 0 bridgehead atoms. The summed E-state index contributed by atoms with van der Waals surface area (Å²) < 4.78 is 7.60. The van der Waals surface area contributed by atoms with Crippen molar-refractivity contribution in [2.45, 2.75) is 6.42 Å². The number of hydrogen-bond acceptors (Lipinski definition) is 2. The molecule has 0 aliphatic rings. The van der Waals surface area contributed by atoms with Gasteiger partial charge in [-0.15, -0.1) is 0 Å². The molecule has 0 heterocycles. The number of anilines is 1. The second-order valence-electron chi connectivity index (χ2n) is 5.34. The Morgan fingerprint density at radius 1 is 1.12 bits per heavy atom. The lowest BCUT2D eigenvalue weighted by Crippen LogP contribution is -2.15. The minimum Gasteiger partial charge on any atom is -0.496 e. The molecule has 0 spiro atoms. The summed E-state index contributed by atoms with van der Waals surface area (Å²) in [6, 6.07) is 17.7. The number of halogens is 2. The van der Waals surface area contributed by atoms with Crippen molar-refractivity contribution in [1.29, 1.82) is 0 Å². The van der Waals surface area contributed by atoms with Crippen LogP contribution in [0.25, 0.3) is 10.8 Å². The molecule has 0 aliphatic carbocycles. The van der Waals surface area contributed by atoms with Gasteiger partial charge >= 0.3 is 0 Å². The van der Waals surface area contributed by atoms with E-state index in [0.29, 0.717) is 0 Å². The van der Waals surface area contributed by atoms with Crippen molar-refractivity contribution < 1.29 is 9.53 Å². The van der Waals surface area contributed by atoms with Crippen molar-refractivity contribution in [3.8, 4) is 5.75 Å². The first kappa shape index (κ1) is 17.2. The zero-order chi connectivity index (χ0) is 17.1. The third-order valence-corrected chi connectivity index (χ3v) is 4.95. The quantitative estimate of drug-likeness (QED) is 0.492. The van der Waals surface area contributed by atoms with Gasteiger partial charge in [0.05, 0.1) is 13.5 Å². The minimum atomic E-state index is -0.0649. The van der Waals surface area contributed by atoms with E-state index < -0.39 is 0 Å². The van der Waals surface area contributed by atoms with Crippen molar-refractivity contribution in [2.24, 2.45) is 0 Å². The first-order valence-electron chi connectivity index (χ1n) is 7.37. The molecule has 0 saturated heterocycles. The van der Waals surface area contributed by atoms with Crippen LogP contribution in [0.3, 0.4) is 0 Å². The summed E-state index contributed by atoms with van der Waals surface area (Å²) in [4.78, 5) is 12.5. The maximum absolute atomic E-state index is 12.5. The summed E-state index contributed by atoms with van der Waals surface area (Å²) in [5.74, 6) is 0.660. The van der Waals surface area contributed by atoms with Crippen LogP contribution in [0.2, 0.25) is 0 Å². The van der Waals surface area contributed by atoms with Gasteiger partial charge in [0.1, 0.15) is 5.75 Å². The summed E-state index contributed by atoms with van der Waals surface area (Å²) in [6.45, 7) is 0. The molecule has 0 aromatic heterocycles. The third kappa shape index (κ3) is 3.89. The van der Waals surface area contributed by atoms with E-state index in [-0.39, 0.29) is 12.3 Å². The molecule has 1 N–H and O–H groups in total. The van der Waals surface area contributed by atoms with Crippen LogP contribution in [-0.2, 0) is 11.2 Å². The molecular formula is C19H15BrINO2. The summed E-state index contributed by atoms with van der Waals surface area (Å²) >= 11 is 5.72. The van der Waals surface area contributed by atoms with E-state index in [9.17, 15) is 4.79 Å². The second-order valence-corrected chi connectivity index (χ2v) is 7.50. The van der Waals surface area contributed by atoms with Gasteiger partial charge in [-0.1, -0.05) is 28.1 Å². The normalized spacial score (nSPS) is 10.6. The van der Waals surface area contributed by atoms with Gasteiger partial charge < -0.3 is 10.1 Å². The summed E-state index contributed by atoms with van der Waals surface area (Å²) in [5, 5.41) is 5.03. The highest BCUT2D eigenvalue weighted by Gasteiger charge is 2.13. The predicted octanol–water partition coefficient (Wildman–Crippen LogP) is 5.40. The van der Waals surface area contributed by atoms with E-state index in [4.69, 9.17) is 4.74 Å². The molecule has 3 aromatic rings.